The molecule has 0 aromatic carbocycles. The number of fused-ring (bicyclic) bond motifs is 4. The summed E-state index contributed by atoms with van der Waals surface area (Å²) in [6, 6.07) is 0. The molecule has 0 bridgehead atoms. The Bertz CT molecular complexity index is 2970. The highest BCUT2D eigenvalue weighted by Gasteiger charge is 2.79. The molecular formula is C53H82O32S3. The van der Waals surface area contributed by atoms with Crippen LogP contribution in [0.2, 0.25) is 0 Å². The Morgan fingerprint density at radius 1 is 0.682 bits per heavy atom. The summed E-state index contributed by atoms with van der Waals surface area (Å²) in [5.41, 5.74) is -1.71. The maximum atomic E-state index is 14.4. The minimum Gasteiger partial charge on any atom is -0.458 e. The van der Waals surface area contributed by atoms with Crippen LogP contribution in [0.4, 0.5) is 0 Å². The largest absolute Gasteiger partial charge is 0.458 e. The topological polar surface area (TPSA) is 479 Å². The predicted octanol–water partition coefficient (Wildman–Crippen LogP) is -0.884. The minimum absolute atomic E-state index is 0.0318. The van der Waals surface area contributed by atoms with Crippen molar-refractivity contribution in [3.63, 3.8) is 0 Å². The zero-order valence-electron chi connectivity index (χ0n) is 49.3. The third-order valence-electron chi connectivity index (χ3n) is 20.3. The molecule has 5 heterocycles. The van der Waals surface area contributed by atoms with Crippen LogP contribution in [-0.2, 0) is 101 Å². The van der Waals surface area contributed by atoms with Crippen LogP contribution < -0.4 is 0 Å². The van der Waals surface area contributed by atoms with E-state index in [9.17, 15) is 85.0 Å². The monoisotopic (exact) mass is 1330 g/mol. The van der Waals surface area contributed by atoms with Gasteiger partial charge in [0, 0.05) is 6.42 Å². The van der Waals surface area contributed by atoms with Gasteiger partial charge in [-0.2, -0.15) is 25.3 Å². The van der Waals surface area contributed by atoms with Crippen molar-refractivity contribution < 1.29 is 150 Å². The van der Waals surface area contributed by atoms with Crippen LogP contribution in [0.15, 0.2) is 23.8 Å². The average Bonchev–Trinajstić information content (AvgIpc) is 1.44. The molecule has 27 atom stereocenters. The van der Waals surface area contributed by atoms with Gasteiger partial charge >= 0.3 is 37.2 Å². The summed E-state index contributed by atoms with van der Waals surface area (Å²) in [5, 5.41) is 89.2. The Kier molecular flexibility index (Phi) is 20.1. The molecule has 504 valence electrons. The number of carbonyl (C=O) groups excluding carboxylic acids is 2. The number of aliphatic hydroxyl groups excluding tert-OH is 7. The highest BCUT2D eigenvalue weighted by molar-refractivity contribution is 7.81. The van der Waals surface area contributed by atoms with Gasteiger partial charge in [0.25, 0.3) is 0 Å². The molecule has 5 aliphatic heterocycles. The number of esters is 1. The first-order valence-electron chi connectivity index (χ1n) is 29.0. The summed E-state index contributed by atoms with van der Waals surface area (Å²) in [6.07, 6.45) is -32.2. The molecule has 0 aromatic heterocycles. The first-order valence-corrected chi connectivity index (χ1v) is 33.1. The van der Waals surface area contributed by atoms with Crippen molar-refractivity contribution in [2.45, 2.75) is 235 Å². The van der Waals surface area contributed by atoms with Gasteiger partial charge in [0.2, 0.25) is 0 Å². The van der Waals surface area contributed by atoms with Crippen molar-refractivity contribution in [1.82, 2.24) is 0 Å². The fraction of sp³-hybridized carbons (Fsp3) is 0.887. The standard InChI is InChI=1S/C53H82O32S3/c1-22(2)10-9-15-52(8)43-26(54)18-51(7)25-11-12-30-49(4,5)31(14-16-50(30,6)24(25)13-17-53(43,51)48(62)83-52)79-47-42(34(57)29(19-73-47)85-88(70,71)72)82-44-36(59)35(58)39(23(3)76-44)80-45-37(60)40(32(55)27(77-45)20-74-86(64,65)66)81-46-38(61)41(84-63)33(56)28(78-46)21-75-87(67,68)69/h13,23,25,27-47,55-61,63H,1,9-12,14-21H2,2-8H3,(H,64,65,66)(H,67,68,69)(H,70,71,72)/t23-,25-,27-,28-,29-,30+,31+,32-,33-,34+,35-,36-,37-,38-,39-,40+,41+,42-,43-,44+,45+,46+,47+,50-,51+,52+,53-/m1/s1. The number of Topliss-reactive ketones (excluding diaryl/α,β-unsaturated/α-hetero) is 1. The second kappa shape index (κ2) is 25.4. The average molecular weight is 1330 g/mol. The van der Waals surface area contributed by atoms with E-state index in [1.807, 2.05) is 27.7 Å². The normalized spacial score (nSPS) is 47.1. The summed E-state index contributed by atoms with van der Waals surface area (Å²) in [6.45, 7) is 14.3. The Balaban J connectivity index is 0.914. The van der Waals surface area contributed by atoms with E-state index in [-0.39, 0.29) is 30.0 Å². The number of ketones is 1. The van der Waals surface area contributed by atoms with Gasteiger partial charge in [-0.1, -0.05) is 44.9 Å². The molecule has 5 saturated heterocycles. The van der Waals surface area contributed by atoms with Crippen molar-refractivity contribution >= 4 is 42.9 Å². The lowest BCUT2D eigenvalue weighted by atomic mass is 9.41. The molecular weight excluding hydrogens is 1240 g/mol. The van der Waals surface area contributed by atoms with Crippen molar-refractivity contribution in [2.24, 2.45) is 39.4 Å². The summed E-state index contributed by atoms with van der Waals surface area (Å²) >= 11 is 0. The molecule has 0 amide bonds. The molecule has 1 spiro atoms. The molecule has 4 aliphatic carbocycles. The van der Waals surface area contributed by atoms with Crippen molar-refractivity contribution in [3.8, 4) is 0 Å². The molecule has 9 rings (SSSR count). The van der Waals surface area contributed by atoms with E-state index < -0.39 is 207 Å². The van der Waals surface area contributed by atoms with Gasteiger partial charge in [-0.15, -0.1) is 6.58 Å². The summed E-state index contributed by atoms with van der Waals surface area (Å²) in [4.78, 5) is 32.9. The van der Waals surface area contributed by atoms with Crippen LogP contribution in [0.3, 0.4) is 0 Å². The Morgan fingerprint density at radius 3 is 1.83 bits per heavy atom. The zero-order valence-corrected chi connectivity index (χ0v) is 51.7. The van der Waals surface area contributed by atoms with Gasteiger partial charge in [0.15, 0.2) is 31.3 Å². The summed E-state index contributed by atoms with van der Waals surface area (Å²) < 4.78 is 165. The number of carbonyl (C=O) groups is 2. The quantitative estimate of drug-likeness (QED) is 0.0166. The van der Waals surface area contributed by atoms with E-state index >= 15 is 0 Å². The maximum absolute atomic E-state index is 14.4. The maximum Gasteiger partial charge on any atom is 0.397 e. The number of aliphatic hydroxyl groups is 7. The van der Waals surface area contributed by atoms with E-state index in [2.05, 4.69) is 39.8 Å². The third kappa shape index (κ3) is 13.1. The fourth-order valence-corrected chi connectivity index (χ4v) is 17.3. The highest BCUT2D eigenvalue weighted by atomic mass is 32.3. The van der Waals surface area contributed by atoms with Crippen molar-refractivity contribution in [3.05, 3.63) is 23.8 Å². The molecule has 0 unspecified atom stereocenters. The SMILES string of the molecule is C=C(C)CCC[C@]1(C)OC(=O)[C@]23CC=C4[C@@H](CC[C@H]5C(C)(C)[C@@H](O[C@@H]6OC[C@@H](OS(=O)(=O)O)[C@H](O)[C@H]6O[C@@H]6O[C@H](C)[C@@H](O[C@@H]7O[C@H](COS(=O)(=O)O)[C@@H](O)[C@H](O[C@@H]8O[C@H](COS(=O)(=O)O)[C@@H](O)[C@H](OO)[C@H]8O)[C@H]7O)[C@H](O)[C@H]6O)CC[C@]45C)[C@]2(C)CC(=O)[C@@H]31. The molecule has 3 saturated carbocycles. The van der Waals surface area contributed by atoms with Crippen molar-refractivity contribution in [2.75, 3.05) is 19.8 Å². The third-order valence-corrected chi connectivity index (χ3v) is 21.7. The van der Waals surface area contributed by atoms with Gasteiger partial charge in [-0.05, 0) is 100 Å². The van der Waals surface area contributed by atoms with Crippen LogP contribution in [0.25, 0.3) is 0 Å². The number of hydrogen-bond acceptors (Lipinski definition) is 29. The first-order chi connectivity index (χ1) is 40.7. The minimum atomic E-state index is -5.28. The van der Waals surface area contributed by atoms with Gasteiger partial charge in [0.05, 0.1) is 43.4 Å². The smallest absolute Gasteiger partial charge is 0.397 e. The molecule has 0 radical (unpaired) electrons. The molecule has 35 heteroatoms. The number of cyclic esters (lactones) is 1. The summed E-state index contributed by atoms with van der Waals surface area (Å²) in [7, 11) is -15.7. The van der Waals surface area contributed by atoms with E-state index in [1.165, 1.54) is 12.5 Å². The molecule has 11 N–H and O–H groups in total. The summed E-state index contributed by atoms with van der Waals surface area (Å²) in [5.74, 6) is -1.11. The van der Waals surface area contributed by atoms with Gasteiger partial charge in [0.1, 0.15) is 90.7 Å². The number of rotatable bonds is 21. The van der Waals surface area contributed by atoms with Crippen LogP contribution >= 0.6 is 0 Å². The van der Waals surface area contributed by atoms with Crippen LogP contribution in [-0.4, -0.2) is 240 Å². The molecule has 9 aliphatic rings. The molecule has 32 nitrogen and oxygen atoms in total. The lowest BCUT2D eigenvalue weighted by Gasteiger charge is -2.63. The number of hydrogen-bond donors (Lipinski definition) is 11. The number of allylic oxidation sites excluding steroid dienone is 3. The number of ether oxygens (including phenoxy) is 9. The van der Waals surface area contributed by atoms with E-state index in [1.54, 1.807) is 0 Å². The second-order valence-electron chi connectivity index (χ2n) is 26.2. The fourth-order valence-electron chi connectivity index (χ4n) is 16.2. The second-order valence-corrected chi connectivity index (χ2v) is 29.4. The lowest BCUT2D eigenvalue weighted by molar-refractivity contribution is -0.402. The Morgan fingerprint density at radius 2 is 1.25 bits per heavy atom. The van der Waals surface area contributed by atoms with Gasteiger partial charge < -0.3 is 78.4 Å². The van der Waals surface area contributed by atoms with Gasteiger partial charge in [-0.3, -0.25) is 28.5 Å². The molecule has 88 heavy (non-hydrogen) atoms. The van der Waals surface area contributed by atoms with Crippen LogP contribution in [0.1, 0.15) is 106 Å². The first kappa shape index (κ1) is 69.9. The van der Waals surface area contributed by atoms with E-state index in [4.69, 9.17) is 51.4 Å². The predicted molar refractivity (Wildman–Crippen MR) is 289 cm³/mol. The van der Waals surface area contributed by atoms with Crippen LogP contribution in [0, 0.1) is 39.4 Å². The Labute approximate surface area is 508 Å². The Hall–Kier alpha value is -2.45. The van der Waals surface area contributed by atoms with E-state index in [0.29, 0.717) is 44.9 Å². The van der Waals surface area contributed by atoms with Crippen molar-refractivity contribution in [1.29, 1.82) is 0 Å². The lowest BCUT2D eigenvalue weighted by Crippen LogP contribution is -2.67. The zero-order chi connectivity index (χ0) is 65.0. The van der Waals surface area contributed by atoms with Crippen LogP contribution in [0.5, 0.6) is 0 Å². The molecule has 8 fully saturated rings. The highest BCUT2D eigenvalue weighted by Crippen LogP contribution is 2.75. The van der Waals surface area contributed by atoms with E-state index in [0.717, 1.165) is 12.0 Å². The van der Waals surface area contributed by atoms with Gasteiger partial charge in [-0.25, -0.2) is 17.4 Å². The molecule has 0 aromatic rings.